The summed E-state index contributed by atoms with van der Waals surface area (Å²) in [6, 6.07) is 14.6. The lowest BCUT2D eigenvalue weighted by molar-refractivity contribution is 0.622. The van der Waals surface area contributed by atoms with E-state index in [4.69, 9.17) is 23.8 Å². The topological polar surface area (TPSA) is 41.9 Å². The summed E-state index contributed by atoms with van der Waals surface area (Å²) < 4.78 is 15.1. The van der Waals surface area contributed by atoms with Crippen LogP contribution in [-0.4, -0.2) is 21.4 Å². The zero-order valence-electron chi connectivity index (χ0n) is 15.8. The SMILES string of the molecule is Cc1nn(Cc2ccc(F)cc2Cl)c(C)c1NC(=S)NCCc1ccccc1. The van der Waals surface area contributed by atoms with Gasteiger partial charge in [-0.1, -0.05) is 48.0 Å². The van der Waals surface area contributed by atoms with E-state index in [0.29, 0.717) is 16.7 Å². The lowest BCUT2D eigenvalue weighted by Gasteiger charge is -2.11. The molecular formula is C21H22ClFN4S. The maximum Gasteiger partial charge on any atom is 0.170 e. The number of aryl methyl sites for hydroxylation is 1. The summed E-state index contributed by atoms with van der Waals surface area (Å²) in [4.78, 5) is 0. The number of hydrogen-bond donors (Lipinski definition) is 2. The number of hydrogen-bond acceptors (Lipinski definition) is 2. The molecule has 0 bridgehead atoms. The Morgan fingerprint density at radius 3 is 2.64 bits per heavy atom. The minimum atomic E-state index is -0.351. The molecule has 0 radical (unpaired) electrons. The van der Waals surface area contributed by atoms with Crippen LogP contribution >= 0.6 is 23.8 Å². The van der Waals surface area contributed by atoms with Crippen molar-refractivity contribution in [3.8, 4) is 0 Å². The summed E-state index contributed by atoms with van der Waals surface area (Å²) in [5.74, 6) is -0.351. The van der Waals surface area contributed by atoms with Gasteiger partial charge in [0.05, 0.1) is 23.6 Å². The fraction of sp³-hybridized carbons (Fsp3) is 0.238. The van der Waals surface area contributed by atoms with Crippen LogP contribution in [0.5, 0.6) is 0 Å². The number of benzene rings is 2. The molecule has 0 aliphatic heterocycles. The van der Waals surface area contributed by atoms with E-state index in [0.717, 1.165) is 35.6 Å². The van der Waals surface area contributed by atoms with Crippen LogP contribution in [0.1, 0.15) is 22.5 Å². The van der Waals surface area contributed by atoms with Crippen molar-refractivity contribution in [2.75, 3.05) is 11.9 Å². The van der Waals surface area contributed by atoms with Gasteiger partial charge in [-0.15, -0.1) is 0 Å². The molecule has 0 saturated carbocycles. The monoisotopic (exact) mass is 416 g/mol. The average molecular weight is 417 g/mol. The lowest BCUT2D eigenvalue weighted by Crippen LogP contribution is -2.30. The maximum atomic E-state index is 13.2. The first-order valence-corrected chi connectivity index (χ1v) is 9.79. The molecule has 2 N–H and O–H groups in total. The normalized spacial score (nSPS) is 10.7. The van der Waals surface area contributed by atoms with Gasteiger partial charge in [0.2, 0.25) is 0 Å². The van der Waals surface area contributed by atoms with Crippen LogP contribution < -0.4 is 10.6 Å². The summed E-state index contributed by atoms with van der Waals surface area (Å²) >= 11 is 11.6. The van der Waals surface area contributed by atoms with E-state index >= 15 is 0 Å². The maximum absolute atomic E-state index is 13.2. The largest absolute Gasteiger partial charge is 0.362 e. The van der Waals surface area contributed by atoms with Crippen LogP contribution in [0.2, 0.25) is 5.02 Å². The van der Waals surface area contributed by atoms with Crippen molar-refractivity contribution in [3.05, 3.63) is 81.9 Å². The van der Waals surface area contributed by atoms with Crippen molar-refractivity contribution in [2.24, 2.45) is 0 Å². The minimum absolute atomic E-state index is 0.351. The van der Waals surface area contributed by atoms with Crippen LogP contribution in [0.4, 0.5) is 10.1 Å². The highest BCUT2D eigenvalue weighted by Gasteiger charge is 2.14. The number of rotatable bonds is 6. The molecule has 28 heavy (non-hydrogen) atoms. The zero-order valence-corrected chi connectivity index (χ0v) is 17.4. The van der Waals surface area contributed by atoms with Crippen LogP contribution in [0.25, 0.3) is 0 Å². The third-order valence-electron chi connectivity index (χ3n) is 4.50. The molecule has 2 aromatic carbocycles. The Balaban J connectivity index is 1.62. The molecule has 146 valence electrons. The van der Waals surface area contributed by atoms with E-state index in [2.05, 4.69) is 27.9 Å². The van der Waals surface area contributed by atoms with Gasteiger partial charge in [0.1, 0.15) is 5.82 Å². The predicted octanol–water partition coefficient (Wildman–Crippen LogP) is 4.87. The fourth-order valence-corrected chi connectivity index (χ4v) is 3.40. The Morgan fingerprint density at radius 1 is 1.18 bits per heavy atom. The van der Waals surface area contributed by atoms with Gasteiger partial charge >= 0.3 is 0 Å². The number of halogens is 2. The van der Waals surface area contributed by atoms with E-state index < -0.39 is 0 Å². The molecule has 0 spiro atoms. The van der Waals surface area contributed by atoms with Gasteiger partial charge in [0, 0.05) is 11.6 Å². The Morgan fingerprint density at radius 2 is 1.93 bits per heavy atom. The van der Waals surface area contributed by atoms with Crippen LogP contribution in [0, 0.1) is 19.7 Å². The summed E-state index contributed by atoms with van der Waals surface area (Å²) in [6.45, 7) is 5.09. The molecule has 3 aromatic rings. The van der Waals surface area contributed by atoms with Crippen molar-refractivity contribution in [1.29, 1.82) is 0 Å². The number of aromatic nitrogens is 2. The van der Waals surface area contributed by atoms with Crippen LogP contribution in [0.15, 0.2) is 48.5 Å². The third-order valence-corrected chi connectivity index (χ3v) is 5.10. The second kappa shape index (κ2) is 9.17. The van der Waals surface area contributed by atoms with Crippen molar-refractivity contribution in [3.63, 3.8) is 0 Å². The van der Waals surface area contributed by atoms with E-state index in [9.17, 15) is 4.39 Å². The third kappa shape index (κ3) is 5.09. The molecule has 7 heteroatoms. The second-order valence-electron chi connectivity index (χ2n) is 6.56. The Kier molecular flexibility index (Phi) is 6.65. The van der Waals surface area contributed by atoms with Crippen molar-refractivity contribution in [1.82, 2.24) is 15.1 Å². The average Bonchev–Trinajstić information content (AvgIpc) is 2.92. The summed E-state index contributed by atoms with van der Waals surface area (Å²) in [5, 5.41) is 12.0. The highest BCUT2D eigenvalue weighted by molar-refractivity contribution is 7.80. The number of thiocarbonyl (C=S) groups is 1. The predicted molar refractivity (Wildman–Crippen MR) is 117 cm³/mol. The summed E-state index contributed by atoms with van der Waals surface area (Å²) in [5.41, 5.74) is 4.71. The second-order valence-corrected chi connectivity index (χ2v) is 7.37. The van der Waals surface area contributed by atoms with Crippen molar-refractivity contribution < 1.29 is 4.39 Å². The van der Waals surface area contributed by atoms with Crippen LogP contribution in [-0.2, 0) is 13.0 Å². The molecule has 1 heterocycles. The van der Waals surface area contributed by atoms with Gasteiger partial charge in [0.15, 0.2) is 5.11 Å². The standard InChI is InChI=1S/C21H22ClFN4S/c1-14-20(25-21(28)24-11-10-16-6-4-3-5-7-16)15(2)27(26-14)13-17-8-9-18(23)12-19(17)22/h3-9,12H,10-11,13H2,1-2H3,(H2,24,25,28). The molecule has 4 nitrogen and oxygen atoms in total. The molecule has 1 aromatic heterocycles. The van der Waals surface area contributed by atoms with Gasteiger partial charge in [0.25, 0.3) is 0 Å². The first kappa shape index (κ1) is 20.3. The number of anilines is 1. The Bertz CT molecular complexity index is 972. The highest BCUT2D eigenvalue weighted by atomic mass is 35.5. The number of nitrogens with one attached hydrogen (secondary N) is 2. The number of nitrogens with zero attached hydrogens (tertiary/aromatic N) is 2. The van der Waals surface area contributed by atoms with Gasteiger partial charge in [-0.25, -0.2) is 4.39 Å². The molecule has 0 aliphatic carbocycles. The molecule has 0 fully saturated rings. The van der Waals surface area contributed by atoms with Crippen molar-refractivity contribution in [2.45, 2.75) is 26.8 Å². The molecule has 0 saturated heterocycles. The molecule has 3 rings (SSSR count). The smallest absolute Gasteiger partial charge is 0.170 e. The summed E-state index contributed by atoms with van der Waals surface area (Å²) in [6.07, 6.45) is 0.892. The van der Waals surface area contributed by atoms with Gasteiger partial charge in [-0.05, 0) is 55.7 Å². The molecule has 0 unspecified atom stereocenters. The van der Waals surface area contributed by atoms with Gasteiger partial charge < -0.3 is 10.6 Å². The molecule has 0 aliphatic rings. The van der Waals surface area contributed by atoms with Gasteiger partial charge in [-0.2, -0.15) is 5.10 Å². The zero-order chi connectivity index (χ0) is 20.1. The first-order valence-electron chi connectivity index (χ1n) is 9.00. The van der Waals surface area contributed by atoms with E-state index in [1.54, 1.807) is 6.07 Å². The van der Waals surface area contributed by atoms with Crippen molar-refractivity contribution >= 4 is 34.6 Å². The molecule has 0 amide bonds. The Labute approximate surface area is 174 Å². The Hall–Kier alpha value is -2.44. The highest BCUT2D eigenvalue weighted by Crippen LogP contribution is 2.23. The fourth-order valence-electron chi connectivity index (χ4n) is 2.97. The van der Waals surface area contributed by atoms with Crippen LogP contribution in [0.3, 0.4) is 0 Å². The van der Waals surface area contributed by atoms with Gasteiger partial charge in [-0.3, -0.25) is 4.68 Å². The quantitative estimate of drug-likeness (QED) is 0.562. The lowest BCUT2D eigenvalue weighted by atomic mass is 10.1. The molecule has 0 atom stereocenters. The first-order chi connectivity index (χ1) is 13.4. The van der Waals surface area contributed by atoms with E-state index in [1.165, 1.54) is 17.7 Å². The summed E-state index contributed by atoms with van der Waals surface area (Å²) in [7, 11) is 0. The van der Waals surface area contributed by atoms with E-state index in [-0.39, 0.29) is 5.82 Å². The van der Waals surface area contributed by atoms with E-state index in [1.807, 2.05) is 36.7 Å². The molecular weight excluding hydrogens is 395 g/mol. The minimum Gasteiger partial charge on any atom is -0.362 e.